The van der Waals surface area contributed by atoms with Crippen molar-refractivity contribution in [3.05, 3.63) is 88.4 Å². The molecule has 1 amide bonds. The van der Waals surface area contributed by atoms with Crippen molar-refractivity contribution in [1.29, 1.82) is 0 Å². The van der Waals surface area contributed by atoms with Gasteiger partial charge < -0.3 is 20.1 Å². The average Bonchev–Trinajstić information content (AvgIpc) is 2.77. The van der Waals surface area contributed by atoms with Gasteiger partial charge in [0.25, 0.3) is 5.91 Å². The molecule has 0 fully saturated rings. The lowest BCUT2D eigenvalue weighted by atomic mass is 10.1. The van der Waals surface area contributed by atoms with Crippen LogP contribution in [0.3, 0.4) is 0 Å². The molecule has 3 aromatic rings. The van der Waals surface area contributed by atoms with Crippen molar-refractivity contribution in [3.8, 4) is 11.5 Å². The number of carbonyl (C=O) groups excluding carboxylic acids is 1. The first-order valence-electron chi connectivity index (χ1n) is 10.2. The van der Waals surface area contributed by atoms with Crippen LogP contribution in [-0.4, -0.2) is 19.1 Å². The molecular weight excluding hydrogens is 412 g/mol. The van der Waals surface area contributed by atoms with E-state index in [1.807, 2.05) is 62.4 Å². The summed E-state index contributed by atoms with van der Waals surface area (Å²) < 4.78 is 11.4. The lowest BCUT2D eigenvalue weighted by Gasteiger charge is -2.15. The maximum atomic E-state index is 12.2. The van der Waals surface area contributed by atoms with Crippen molar-refractivity contribution in [2.75, 3.05) is 18.5 Å². The Balaban J connectivity index is 1.60. The summed E-state index contributed by atoms with van der Waals surface area (Å²) in [5.74, 6) is 0.750. The van der Waals surface area contributed by atoms with E-state index < -0.39 is 0 Å². The zero-order valence-electron chi connectivity index (χ0n) is 17.8. The molecule has 6 heteroatoms. The van der Waals surface area contributed by atoms with Gasteiger partial charge in [-0.25, -0.2) is 0 Å². The Morgan fingerprint density at radius 1 is 0.935 bits per heavy atom. The number of anilines is 1. The van der Waals surface area contributed by atoms with Gasteiger partial charge in [0.05, 0.1) is 6.61 Å². The number of nitrogens with one attached hydrogen (secondary N) is 2. The third-order valence-electron chi connectivity index (χ3n) is 4.59. The first-order valence-corrected chi connectivity index (χ1v) is 10.6. The molecule has 0 saturated carbocycles. The minimum atomic E-state index is -0.254. The molecule has 0 radical (unpaired) electrons. The summed E-state index contributed by atoms with van der Waals surface area (Å²) in [5, 5.41) is 6.75. The minimum absolute atomic E-state index is 0.143. The number of carbonyl (C=O) groups is 1. The fraction of sp³-hybridized carbons (Fsp3) is 0.240. The third kappa shape index (κ3) is 7.02. The SMILES string of the molecule is CCOc1cc(CNCc2ccccc2)c(Cl)cc1OCC(=O)Nc1ccc(C)cc1. The van der Waals surface area contributed by atoms with Gasteiger partial charge in [-0.15, -0.1) is 0 Å². The number of ether oxygens (including phenoxy) is 2. The predicted octanol–water partition coefficient (Wildman–Crippen LogP) is 5.35. The summed E-state index contributed by atoms with van der Waals surface area (Å²) in [7, 11) is 0. The van der Waals surface area contributed by atoms with Crippen LogP contribution in [0.2, 0.25) is 5.02 Å². The highest BCUT2D eigenvalue weighted by atomic mass is 35.5. The lowest BCUT2D eigenvalue weighted by Crippen LogP contribution is -2.20. The fourth-order valence-electron chi connectivity index (χ4n) is 3.01. The first-order chi connectivity index (χ1) is 15.0. The van der Waals surface area contributed by atoms with E-state index in [9.17, 15) is 4.79 Å². The molecule has 162 valence electrons. The number of benzene rings is 3. The van der Waals surface area contributed by atoms with E-state index in [0.717, 1.165) is 23.4 Å². The van der Waals surface area contributed by atoms with E-state index in [1.165, 1.54) is 5.56 Å². The van der Waals surface area contributed by atoms with Gasteiger partial charge >= 0.3 is 0 Å². The number of aryl methyl sites for hydroxylation is 1. The largest absolute Gasteiger partial charge is 0.490 e. The van der Waals surface area contributed by atoms with Gasteiger partial charge in [-0.05, 0) is 43.2 Å². The van der Waals surface area contributed by atoms with Crippen molar-refractivity contribution >= 4 is 23.2 Å². The minimum Gasteiger partial charge on any atom is -0.490 e. The van der Waals surface area contributed by atoms with E-state index in [4.69, 9.17) is 21.1 Å². The van der Waals surface area contributed by atoms with Gasteiger partial charge in [0, 0.05) is 29.9 Å². The summed E-state index contributed by atoms with van der Waals surface area (Å²) in [6.45, 7) is 5.55. The second-order valence-corrected chi connectivity index (χ2v) is 7.52. The zero-order chi connectivity index (χ0) is 22.1. The Morgan fingerprint density at radius 3 is 2.35 bits per heavy atom. The quantitative estimate of drug-likeness (QED) is 0.447. The number of halogens is 1. The second-order valence-electron chi connectivity index (χ2n) is 7.12. The van der Waals surface area contributed by atoms with Crippen LogP contribution in [0.5, 0.6) is 11.5 Å². The van der Waals surface area contributed by atoms with Crippen molar-refractivity contribution in [3.63, 3.8) is 0 Å². The van der Waals surface area contributed by atoms with Crippen LogP contribution in [0.25, 0.3) is 0 Å². The zero-order valence-corrected chi connectivity index (χ0v) is 18.5. The smallest absolute Gasteiger partial charge is 0.262 e. The molecule has 0 aromatic heterocycles. The summed E-state index contributed by atoms with van der Waals surface area (Å²) in [5.41, 5.74) is 3.95. The van der Waals surface area contributed by atoms with Crippen LogP contribution >= 0.6 is 11.6 Å². The molecule has 3 rings (SSSR count). The molecule has 31 heavy (non-hydrogen) atoms. The van der Waals surface area contributed by atoms with E-state index in [1.54, 1.807) is 6.07 Å². The molecule has 0 aliphatic carbocycles. The third-order valence-corrected chi connectivity index (χ3v) is 4.95. The van der Waals surface area contributed by atoms with E-state index in [-0.39, 0.29) is 12.5 Å². The average molecular weight is 439 g/mol. The summed E-state index contributed by atoms with van der Waals surface area (Å²) in [6.07, 6.45) is 0. The molecule has 0 heterocycles. The van der Waals surface area contributed by atoms with Gasteiger partial charge in [-0.2, -0.15) is 0 Å². The summed E-state index contributed by atoms with van der Waals surface area (Å²) in [4.78, 5) is 12.2. The van der Waals surface area contributed by atoms with Gasteiger partial charge in [0.2, 0.25) is 0 Å². The molecule has 0 bridgehead atoms. The maximum absolute atomic E-state index is 12.2. The standard InChI is InChI=1S/C25H27ClN2O3/c1-3-30-23-13-20(16-27-15-19-7-5-4-6-8-19)22(26)14-24(23)31-17-25(29)28-21-11-9-18(2)10-12-21/h4-14,27H,3,15-17H2,1-2H3,(H,28,29). The Labute approximate surface area is 188 Å². The van der Waals surface area contributed by atoms with E-state index in [0.29, 0.717) is 29.7 Å². The molecule has 2 N–H and O–H groups in total. The molecule has 0 unspecified atom stereocenters. The summed E-state index contributed by atoms with van der Waals surface area (Å²) >= 11 is 6.47. The van der Waals surface area contributed by atoms with Crippen molar-refractivity contribution in [2.24, 2.45) is 0 Å². The maximum Gasteiger partial charge on any atom is 0.262 e. The number of hydrogen-bond donors (Lipinski definition) is 2. The molecule has 5 nitrogen and oxygen atoms in total. The molecular formula is C25H27ClN2O3. The normalized spacial score (nSPS) is 10.5. The number of hydrogen-bond acceptors (Lipinski definition) is 4. The lowest BCUT2D eigenvalue weighted by molar-refractivity contribution is -0.118. The van der Waals surface area contributed by atoms with Crippen LogP contribution in [0, 0.1) is 6.92 Å². The molecule has 0 aliphatic heterocycles. The molecule has 0 aliphatic rings. The fourth-order valence-corrected chi connectivity index (χ4v) is 3.23. The van der Waals surface area contributed by atoms with Crippen molar-refractivity contribution in [2.45, 2.75) is 26.9 Å². The van der Waals surface area contributed by atoms with Crippen LogP contribution in [0.15, 0.2) is 66.7 Å². The Hall–Kier alpha value is -3.02. The Morgan fingerprint density at radius 2 is 1.65 bits per heavy atom. The van der Waals surface area contributed by atoms with Gasteiger partial charge in [-0.3, -0.25) is 4.79 Å². The van der Waals surface area contributed by atoms with Crippen LogP contribution in [-0.2, 0) is 17.9 Å². The van der Waals surface area contributed by atoms with Crippen LogP contribution in [0.4, 0.5) is 5.69 Å². The van der Waals surface area contributed by atoms with Crippen molar-refractivity contribution < 1.29 is 14.3 Å². The Kier molecular flexibility index (Phi) is 8.33. The van der Waals surface area contributed by atoms with Crippen LogP contribution in [0.1, 0.15) is 23.6 Å². The first kappa shape index (κ1) is 22.7. The van der Waals surface area contributed by atoms with Gasteiger partial charge in [0.1, 0.15) is 0 Å². The second kappa shape index (κ2) is 11.4. The molecule has 0 saturated heterocycles. The number of amides is 1. The highest BCUT2D eigenvalue weighted by Gasteiger charge is 2.13. The Bertz CT molecular complexity index is 992. The molecule has 0 spiro atoms. The van der Waals surface area contributed by atoms with Crippen molar-refractivity contribution in [1.82, 2.24) is 5.32 Å². The molecule has 0 atom stereocenters. The predicted molar refractivity (Wildman–Crippen MR) is 125 cm³/mol. The highest BCUT2D eigenvalue weighted by Crippen LogP contribution is 2.33. The summed E-state index contributed by atoms with van der Waals surface area (Å²) in [6, 6.07) is 21.3. The topological polar surface area (TPSA) is 59.6 Å². The van der Waals surface area contributed by atoms with Gasteiger partial charge in [0.15, 0.2) is 18.1 Å². The van der Waals surface area contributed by atoms with Gasteiger partial charge in [-0.1, -0.05) is 59.6 Å². The molecule has 3 aromatic carbocycles. The highest BCUT2D eigenvalue weighted by molar-refractivity contribution is 6.31. The van der Waals surface area contributed by atoms with Crippen LogP contribution < -0.4 is 20.1 Å². The number of rotatable bonds is 10. The van der Waals surface area contributed by atoms with E-state index >= 15 is 0 Å². The van der Waals surface area contributed by atoms with E-state index in [2.05, 4.69) is 22.8 Å². The monoisotopic (exact) mass is 438 g/mol.